The van der Waals surface area contributed by atoms with Gasteiger partial charge in [0.05, 0.1) is 0 Å². The second-order valence-electron chi connectivity index (χ2n) is 7.75. The number of piperazine rings is 1. The van der Waals surface area contributed by atoms with Gasteiger partial charge in [0.1, 0.15) is 12.0 Å². The van der Waals surface area contributed by atoms with Gasteiger partial charge in [-0.3, -0.25) is 9.69 Å². The molecular weight excluding hydrogens is 394 g/mol. The molecule has 1 aromatic carbocycles. The molecule has 0 radical (unpaired) electrons. The summed E-state index contributed by atoms with van der Waals surface area (Å²) in [5.41, 5.74) is 4.48. The van der Waals surface area contributed by atoms with Crippen LogP contribution in [-0.4, -0.2) is 70.2 Å². The first-order valence-corrected chi connectivity index (χ1v) is 10.5. The number of nitrogens with zero attached hydrogens (tertiary/aromatic N) is 6. The van der Waals surface area contributed by atoms with Gasteiger partial charge in [0.25, 0.3) is 0 Å². The third kappa shape index (κ3) is 5.24. The van der Waals surface area contributed by atoms with E-state index in [9.17, 15) is 4.79 Å². The maximum Gasteiger partial charge on any atom is 0.316 e. The number of benzene rings is 1. The zero-order valence-corrected chi connectivity index (χ0v) is 17.9. The van der Waals surface area contributed by atoms with Gasteiger partial charge < -0.3 is 14.7 Å². The van der Waals surface area contributed by atoms with E-state index in [0.717, 1.165) is 39.1 Å². The molecule has 162 valence electrons. The molecule has 9 heteroatoms. The Balaban J connectivity index is 1.18. The van der Waals surface area contributed by atoms with Crippen LogP contribution in [0.25, 0.3) is 11.5 Å². The SMILES string of the molecule is Cc1ccc(N2CCN(CCCNC(=O)c3nc(-c4ccncn4)no3)CC2)c(C)c1. The first-order valence-electron chi connectivity index (χ1n) is 10.5. The Morgan fingerprint density at radius 1 is 1.16 bits per heavy atom. The molecule has 0 aliphatic carbocycles. The van der Waals surface area contributed by atoms with Crippen molar-refractivity contribution in [1.82, 2.24) is 30.3 Å². The van der Waals surface area contributed by atoms with Crippen LogP contribution in [0.1, 0.15) is 28.2 Å². The highest BCUT2D eigenvalue weighted by Crippen LogP contribution is 2.22. The second kappa shape index (κ2) is 9.65. The van der Waals surface area contributed by atoms with E-state index in [1.54, 1.807) is 12.3 Å². The summed E-state index contributed by atoms with van der Waals surface area (Å²) in [5, 5.41) is 6.65. The number of carbonyl (C=O) groups is 1. The molecule has 1 fully saturated rings. The fraction of sp³-hybridized carbons (Fsp3) is 0.409. The minimum atomic E-state index is -0.368. The van der Waals surface area contributed by atoms with E-state index in [4.69, 9.17) is 4.52 Å². The van der Waals surface area contributed by atoms with Crippen molar-refractivity contribution in [2.45, 2.75) is 20.3 Å². The van der Waals surface area contributed by atoms with Crippen molar-refractivity contribution in [3.8, 4) is 11.5 Å². The van der Waals surface area contributed by atoms with E-state index in [1.165, 1.54) is 23.1 Å². The number of rotatable bonds is 7. The van der Waals surface area contributed by atoms with Gasteiger partial charge in [-0.2, -0.15) is 4.98 Å². The monoisotopic (exact) mass is 421 g/mol. The smallest absolute Gasteiger partial charge is 0.316 e. The maximum absolute atomic E-state index is 12.2. The lowest BCUT2D eigenvalue weighted by Crippen LogP contribution is -2.47. The van der Waals surface area contributed by atoms with Crippen LogP contribution in [-0.2, 0) is 0 Å². The molecule has 9 nitrogen and oxygen atoms in total. The van der Waals surface area contributed by atoms with Crippen molar-refractivity contribution < 1.29 is 9.32 Å². The predicted molar refractivity (Wildman–Crippen MR) is 117 cm³/mol. The first-order chi connectivity index (χ1) is 15.1. The van der Waals surface area contributed by atoms with Gasteiger partial charge in [-0.1, -0.05) is 22.9 Å². The molecule has 1 amide bonds. The van der Waals surface area contributed by atoms with Crippen LogP contribution in [0.5, 0.6) is 0 Å². The van der Waals surface area contributed by atoms with Crippen LogP contribution in [0.3, 0.4) is 0 Å². The summed E-state index contributed by atoms with van der Waals surface area (Å²) >= 11 is 0. The molecule has 3 heterocycles. The van der Waals surface area contributed by atoms with Crippen molar-refractivity contribution in [1.29, 1.82) is 0 Å². The number of amides is 1. The highest BCUT2D eigenvalue weighted by molar-refractivity contribution is 5.89. The topological polar surface area (TPSA) is 100 Å². The van der Waals surface area contributed by atoms with E-state index in [-0.39, 0.29) is 17.6 Å². The minimum Gasteiger partial charge on any atom is -0.369 e. The van der Waals surface area contributed by atoms with Gasteiger partial charge in [0.15, 0.2) is 0 Å². The molecule has 3 aromatic rings. The number of aryl methyl sites for hydroxylation is 2. The third-order valence-corrected chi connectivity index (χ3v) is 5.43. The van der Waals surface area contributed by atoms with Crippen molar-refractivity contribution in [3.05, 3.63) is 53.8 Å². The Morgan fingerprint density at radius 3 is 2.74 bits per heavy atom. The Hall–Kier alpha value is -3.33. The summed E-state index contributed by atoms with van der Waals surface area (Å²) in [5.74, 6) is -0.155. The van der Waals surface area contributed by atoms with Crippen molar-refractivity contribution in [2.24, 2.45) is 0 Å². The summed E-state index contributed by atoms with van der Waals surface area (Å²) in [7, 11) is 0. The van der Waals surface area contributed by atoms with Crippen molar-refractivity contribution in [3.63, 3.8) is 0 Å². The molecule has 0 saturated carbocycles. The molecule has 0 spiro atoms. The van der Waals surface area contributed by atoms with E-state index < -0.39 is 0 Å². The van der Waals surface area contributed by atoms with Crippen LogP contribution in [0.4, 0.5) is 5.69 Å². The van der Waals surface area contributed by atoms with Crippen LogP contribution in [0.2, 0.25) is 0 Å². The number of aromatic nitrogens is 4. The van der Waals surface area contributed by atoms with Gasteiger partial charge in [0.2, 0.25) is 5.82 Å². The molecule has 2 aromatic heterocycles. The standard InChI is InChI=1S/C22H27N7O2/c1-16-4-5-19(17(2)14-16)29-12-10-28(11-13-29)9-3-7-24-21(30)22-26-20(27-31-22)18-6-8-23-15-25-18/h4-6,8,14-15H,3,7,9-13H2,1-2H3,(H,24,30). The van der Waals surface area contributed by atoms with Gasteiger partial charge in [-0.25, -0.2) is 9.97 Å². The van der Waals surface area contributed by atoms with Crippen molar-refractivity contribution in [2.75, 3.05) is 44.2 Å². The number of nitrogens with one attached hydrogen (secondary N) is 1. The van der Waals surface area contributed by atoms with E-state index in [0.29, 0.717) is 12.2 Å². The Morgan fingerprint density at radius 2 is 2.00 bits per heavy atom. The quantitative estimate of drug-likeness (QED) is 0.579. The lowest BCUT2D eigenvalue weighted by Gasteiger charge is -2.37. The Kier molecular flexibility index (Phi) is 6.51. The van der Waals surface area contributed by atoms with E-state index >= 15 is 0 Å². The summed E-state index contributed by atoms with van der Waals surface area (Å²) < 4.78 is 5.05. The normalized spacial score (nSPS) is 14.6. The average Bonchev–Trinajstić information content (AvgIpc) is 3.28. The molecule has 1 aliphatic heterocycles. The number of carbonyl (C=O) groups excluding carboxylic acids is 1. The maximum atomic E-state index is 12.2. The second-order valence-corrected chi connectivity index (χ2v) is 7.75. The van der Waals surface area contributed by atoms with Crippen LogP contribution in [0, 0.1) is 13.8 Å². The van der Waals surface area contributed by atoms with Gasteiger partial charge >= 0.3 is 11.8 Å². The minimum absolute atomic E-state index is 0.0595. The molecule has 31 heavy (non-hydrogen) atoms. The van der Waals surface area contributed by atoms with Crippen LogP contribution < -0.4 is 10.2 Å². The molecule has 0 unspecified atom stereocenters. The van der Waals surface area contributed by atoms with Gasteiger partial charge in [-0.05, 0) is 44.5 Å². The van der Waals surface area contributed by atoms with Crippen molar-refractivity contribution >= 4 is 11.6 Å². The molecule has 0 atom stereocenters. The summed E-state index contributed by atoms with van der Waals surface area (Å²) in [6.45, 7) is 9.88. The lowest BCUT2D eigenvalue weighted by molar-refractivity contribution is 0.0907. The molecule has 0 bridgehead atoms. The number of hydrogen-bond donors (Lipinski definition) is 1. The summed E-state index contributed by atoms with van der Waals surface area (Å²) in [6, 6.07) is 8.30. The Labute approximate surface area is 181 Å². The molecule has 4 rings (SSSR count). The summed E-state index contributed by atoms with van der Waals surface area (Å²) in [4.78, 5) is 29.1. The van der Waals surface area contributed by atoms with E-state index in [2.05, 4.69) is 67.3 Å². The van der Waals surface area contributed by atoms with Gasteiger partial charge in [0, 0.05) is 44.6 Å². The predicted octanol–water partition coefficient (Wildman–Crippen LogP) is 2.09. The Bertz CT molecular complexity index is 1010. The number of anilines is 1. The molecule has 1 saturated heterocycles. The largest absolute Gasteiger partial charge is 0.369 e. The highest BCUT2D eigenvalue weighted by Gasteiger charge is 2.19. The zero-order chi connectivity index (χ0) is 21.6. The fourth-order valence-electron chi connectivity index (χ4n) is 3.80. The van der Waals surface area contributed by atoms with Gasteiger partial charge in [-0.15, -0.1) is 0 Å². The third-order valence-electron chi connectivity index (χ3n) is 5.43. The van der Waals surface area contributed by atoms with Crippen LogP contribution in [0.15, 0.2) is 41.3 Å². The highest BCUT2D eigenvalue weighted by atomic mass is 16.5. The lowest BCUT2D eigenvalue weighted by atomic mass is 10.1. The van der Waals surface area contributed by atoms with E-state index in [1.807, 2.05) is 0 Å². The summed E-state index contributed by atoms with van der Waals surface area (Å²) in [6.07, 6.45) is 3.84. The molecular formula is C22H27N7O2. The molecule has 1 aliphatic rings. The van der Waals surface area contributed by atoms with Crippen LogP contribution >= 0.6 is 0 Å². The first kappa shape index (κ1) is 20.9. The molecule has 1 N–H and O–H groups in total. The fourth-order valence-corrected chi connectivity index (χ4v) is 3.80. The number of hydrogen-bond acceptors (Lipinski definition) is 8. The average molecular weight is 422 g/mol. The zero-order valence-electron chi connectivity index (χ0n) is 17.9.